The van der Waals surface area contributed by atoms with Crippen LogP contribution in [0.4, 0.5) is 5.69 Å². The number of benzene rings is 1. The van der Waals surface area contributed by atoms with Gasteiger partial charge in [-0.05, 0) is 24.6 Å². The lowest BCUT2D eigenvalue weighted by Gasteiger charge is -2.44. The summed E-state index contributed by atoms with van der Waals surface area (Å²) < 4.78 is 0. The summed E-state index contributed by atoms with van der Waals surface area (Å²) in [5, 5.41) is 9.52. The van der Waals surface area contributed by atoms with E-state index in [0.717, 1.165) is 5.56 Å². The van der Waals surface area contributed by atoms with E-state index in [1.54, 1.807) is 24.0 Å². The molecule has 3 N–H and O–H groups in total. The maximum atomic E-state index is 11.8. The van der Waals surface area contributed by atoms with Gasteiger partial charge in [-0.15, -0.1) is 0 Å². The molecule has 1 aromatic carbocycles. The first kappa shape index (κ1) is 11.0. The Kier molecular flexibility index (Phi) is 2.59. The molecule has 1 saturated heterocycles. The van der Waals surface area contributed by atoms with Crippen LogP contribution in [0.25, 0.3) is 0 Å². The number of hydrogen-bond acceptors (Lipinski definition) is 3. The molecule has 86 valence electrons. The molecular weight excluding hydrogens is 204 g/mol. The lowest BCUT2D eigenvalue weighted by atomic mass is 9.96. The summed E-state index contributed by atoms with van der Waals surface area (Å²) in [6.45, 7) is 2.60. The molecule has 0 radical (unpaired) electrons. The van der Waals surface area contributed by atoms with Gasteiger partial charge in [0.25, 0.3) is 0 Å². The molecule has 0 aromatic heterocycles. The van der Waals surface area contributed by atoms with E-state index in [-0.39, 0.29) is 5.91 Å². The third-order valence-electron chi connectivity index (χ3n) is 2.75. The van der Waals surface area contributed by atoms with Crippen LogP contribution in [0.3, 0.4) is 0 Å². The highest BCUT2D eigenvalue weighted by Gasteiger charge is 2.38. The number of likely N-dealkylation sites (tertiary alicyclic amines) is 1. The van der Waals surface area contributed by atoms with Gasteiger partial charge < -0.3 is 15.7 Å². The van der Waals surface area contributed by atoms with Crippen LogP contribution in [0.1, 0.15) is 12.5 Å². The molecule has 0 aliphatic carbocycles. The lowest BCUT2D eigenvalue weighted by Crippen LogP contribution is -2.62. The van der Waals surface area contributed by atoms with Crippen molar-refractivity contribution in [3.05, 3.63) is 29.8 Å². The van der Waals surface area contributed by atoms with Gasteiger partial charge in [0.05, 0.1) is 25.1 Å². The van der Waals surface area contributed by atoms with Crippen LogP contribution in [0, 0.1) is 0 Å². The van der Waals surface area contributed by atoms with Crippen molar-refractivity contribution in [2.75, 3.05) is 18.8 Å². The monoisotopic (exact) mass is 220 g/mol. The molecule has 4 heteroatoms. The van der Waals surface area contributed by atoms with E-state index in [1.165, 1.54) is 0 Å². The number of nitrogens with two attached hydrogens (primary N) is 1. The number of hydrogen-bond donors (Lipinski definition) is 2. The Morgan fingerprint density at radius 3 is 2.50 bits per heavy atom. The van der Waals surface area contributed by atoms with Gasteiger partial charge in [0.1, 0.15) is 0 Å². The number of nitrogen functional groups attached to an aromatic ring is 1. The molecule has 1 fully saturated rings. The summed E-state index contributed by atoms with van der Waals surface area (Å²) >= 11 is 0. The van der Waals surface area contributed by atoms with Gasteiger partial charge in [-0.25, -0.2) is 0 Å². The maximum Gasteiger partial charge on any atom is 0.227 e. The first-order chi connectivity index (χ1) is 7.46. The summed E-state index contributed by atoms with van der Waals surface area (Å²) in [7, 11) is 0. The molecule has 0 unspecified atom stereocenters. The van der Waals surface area contributed by atoms with Gasteiger partial charge in [-0.2, -0.15) is 0 Å². The van der Waals surface area contributed by atoms with Crippen molar-refractivity contribution in [3.63, 3.8) is 0 Å². The zero-order valence-electron chi connectivity index (χ0n) is 9.31. The number of carbonyl (C=O) groups excluding carboxylic acids is 1. The van der Waals surface area contributed by atoms with Crippen LogP contribution >= 0.6 is 0 Å². The van der Waals surface area contributed by atoms with Crippen molar-refractivity contribution < 1.29 is 9.90 Å². The summed E-state index contributed by atoms with van der Waals surface area (Å²) in [5.74, 6) is 0.0521. The quantitative estimate of drug-likeness (QED) is 0.709. The van der Waals surface area contributed by atoms with Crippen molar-refractivity contribution in [1.82, 2.24) is 4.90 Å². The fourth-order valence-electron chi connectivity index (χ4n) is 1.87. The van der Waals surface area contributed by atoms with Crippen LogP contribution in [-0.4, -0.2) is 34.6 Å². The summed E-state index contributed by atoms with van der Waals surface area (Å²) in [6, 6.07) is 7.28. The summed E-state index contributed by atoms with van der Waals surface area (Å²) in [6.07, 6.45) is 0.371. The normalized spacial score (nSPS) is 18.0. The first-order valence-electron chi connectivity index (χ1n) is 5.31. The number of β-amino-alcohol motifs (C(OH)–C–C–N with tert-alkyl or cyclic N) is 1. The van der Waals surface area contributed by atoms with Crippen LogP contribution in [0.5, 0.6) is 0 Å². The highest BCUT2D eigenvalue weighted by atomic mass is 16.3. The standard InChI is InChI=1S/C12H16N2O2/c1-12(16)7-14(8-12)11(15)6-9-2-4-10(13)5-3-9/h2-5,16H,6-8,13H2,1H3. The van der Waals surface area contributed by atoms with Gasteiger partial charge in [0, 0.05) is 5.69 Å². The minimum atomic E-state index is -0.698. The average Bonchev–Trinajstić information content (AvgIpc) is 2.18. The van der Waals surface area contributed by atoms with E-state index in [2.05, 4.69) is 0 Å². The van der Waals surface area contributed by atoms with Gasteiger partial charge in [0.2, 0.25) is 5.91 Å². The first-order valence-corrected chi connectivity index (χ1v) is 5.31. The van der Waals surface area contributed by atoms with Crippen LogP contribution < -0.4 is 5.73 Å². The van der Waals surface area contributed by atoms with Gasteiger partial charge >= 0.3 is 0 Å². The Labute approximate surface area is 94.7 Å². The Balaban J connectivity index is 1.91. The van der Waals surface area contributed by atoms with Crippen molar-refractivity contribution in [1.29, 1.82) is 0 Å². The van der Waals surface area contributed by atoms with Crippen LogP contribution in [0.15, 0.2) is 24.3 Å². The second kappa shape index (κ2) is 3.79. The minimum absolute atomic E-state index is 0.0521. The van der Waals surface area contributed by atoms with E-state index in [4.69, 9.17) is 5.73 Å². The predicted molar refractivity (Wildman–Crippen MR) is 61.8 cm³/mol. The molecule has 1 heterocycles. The smallest absolute Gasteiger partial charge is 0.227 e. The van der Waals surface area contributed by atoms with Gasteiger partial charge in [0.15, 0.2) is 0 Å². The highest BCUT2D eigenvalue weighted by Crippen LogP contribution is 2.20. The van der Waals surface area contributed by atoms with Crippen LogP contribution in [-0.2, 0) is 11.2 Å². The number of carbonyl (C=O) groups is 1. The summed E-state index contributed by atoms with van der Waals surface area (Å²) in [4.78, 5) is 13.4. The molecule has 1 aliphatic heterocycles. The summed E-state index contributed by atoms with van der Waals surface area (Å²) in [5.41, 5.74) is 6.51. The number of anilines is 1. The minimum Gasteiger partial charge on any atom is -0.399 e. The van der Waals surface area contributed by atoms with E-state index in [9.17, 15) is 9.90 Å². The van der Waals surface area contributed by atoms with Gasteiger partial charge in [-0.3, -0.25) is 4.79 Å². The fraction of sp³-hybridized carbons (Fsp3) is 0.417. The molecular formula is C12H16N2O2. The SMILES string of the molecule is CC1(O)CN(C(=O)Cc2ccc(N)cc2)C1. The molecule has 1 amide bonds. The van der Waals surface area contributed by atoms with Crippen molar-refractivity contribution in [2.24, 2.45) is 0 Å². The number of rotatable bonds is 2. The van der Waals surface area contributed by atoms with Crippen LogP contribution in [0.2, 0.25) is 0 Å². The molecule has 0 atom stereocenters. The molecule has 0 bridgehead atoms. The van der Waals surface area contributed by atoms with Crippen molar-refractivity contribution in [3.8, 4) is 0 Å². The zero-order chi connectivity index (χ0) is 11.8. The largest absolute Gasteiger partial charge is 0.399 e. The molecule has 0 spiro atoms. The van der Waals surface area contributed by atoms with Gasteiger partial charge in [-0.1, -0.05) is 12.1 Å². The lowest BCUT2D eigenvalue weighted by molar-refractivity contribution is -0.151. The van der Waals surface area contributed by atoms with E-state index < -0.39 is 5.60 Å². The molecule has 2 rings (SSSR count). The Morgan fingerprint density at radius 1 is 1.44 bits per heavy atom. The third-order valence-corrected chi connectivity index (χ3v) is 2.75. The Hall–Kier alpha value is -1.55. The van der Waals surface area contributed by atoms with E-state index in [0.29, 0.717) is 25.2 Å². The molecule has 0 saturated carbocycles. The Bertz CT molecular complexity index is 390. The zero-order valence-corrected chi connectivity index (χ0v) is 9.31. The topological polar surface area (TPSA) is 66.6 Å². The van der Waals surface area contributed by atoms with E-state index in [1.807, 2.05) is 12.1 Å². The number of amides is 1. The third kappa shape index (κ3) is 2.33. The second-order valence-electron chi connectivity index (χ2n) is 4.67. The molecule has 16 heavy (non-hydrogen) atoms. The fourth-order valence-corrected chi connectivity index (χ4v) is 1.87. The van der Waals surface area contributed by atoms with Crippen molar-refractivity contribution >= 4 is 11.6 Å². The number of nitrogens with zero attached hydrogens (tertiary/aromatic N) is 1. The maximum absolute atomic E-state index is 11.8. The second-order valence-corrected chi connectivity index (χ2v) is 4.67. The molecule has 1 aliphatic rings. The van der Waals surface area contributed by atoms with Crippen molar-refractivity contribution in [2.45, 2.75) is 18.9 Å². The van der Waals surface area contributed by atoms with E-state index >= 15 is 0 Å². The predicted octanol–water partition coefficient (Wildman–Crippen LogP) is 0.404. The Morgan fingerprint density at radius 2 is 2.00 bits per heavy atom. The highest BCUT2D eigenvalue weighted by molar-refractivity contribution is 5.80. The molecule has 1 aromatic rings. The number of aliphatic hydroxyl groups is 1. The molecule has 4 nitrogen and oxygen atoms in total. The average molecular weight is 220 g/mol.